The Balaban J connectivity index is 1.70. The van der Waals surface area contributed by atoms with Gasteiger partial charge in [0.25, 0.3) is 0 Å². The van der Waals surface area contributed by atoms with Crippen molar-refractivity contribution in [3.05, 3.63) is 94.5 Å². The summed E-state index contributed by atoms with van der Waals surface area (Å²) in [6, 6.07) is 15.6. The van der Waals surface area contributed by atoms with Crippen molar-refractivity contribution in [3.8, 4) is 5.75 Å². The van der Waals surface area contributed by atoms with Gasteiger partial charge in [0.05, 0.1) is 18.2 Å². The summed E-state index contributed by atoms with van der Waals surface area (Å²) in [5.74, 6) is -0.547. The Morgan fingerprint density at radius 2 is 1.73 bits per heavy atom. The molecular formula is C22H16ClF3N2O4S. The van der Waals surface area contributed by atoms with Crippen LogP contribution >= 0.6 is 11.6 Å². The van der Waals surface area contributed by atoms with Crippen LogP contribution in [0.15, 0.2) is 82.8 Å². The minimum atomic E-state index is -4.59. The molecule has 0 fully saturated rings. The van der Waals surface area contributed by atoms with E-state index < -0.39 is 32.7 Å². The number of nitrogens with zero attached hydrogens (tertiary/aromatic N) is 1. The Morgan fingerprint density at radius 1 is 1.03 bits per heavy atom. The summed E-state index contributed by atoms with van der Waals surface area (Å²) in [5.41, 5.74) is 2.23. The van der Waals surface area contributed by atoms with Crippen molar-refractivity contribution in [2.45, 2.75) is 17.5 Å². The molecule has 0 unspecified atom stereocenters. The van der Waals surface area contributed by atoms with Gasteiger partial charge in [-0.1, -0.05) is 35.9 Å². The van der Waals surface area contributed by atoms with Crippen LogP contribution in [0.5, 0.6) is 5.75 Å². The topological polar surface area (TPSA) is 84.8 Å². The number of rotatable bonds is 7. The fraction of sp³-hybridized carbons (Fsp3) is 0.0909. The van der Waals surface area contributed by atoms with Gasteiger partial charge in [-0.25, -0.2) is 5.43 Å². The van der Waals surface area contributed by atoms with E-state index in [2.05, 4.69) is 10.5 Å². The molecule has 1 N–H and O–H groups in total. The number of amides is 1. The van der Waals surface area contributed by atoms with Gasteiger partial charge in [-0.2, -0.15) is 26.7 Å². The number of benzene rings is 3. The Hall–Kier alpha value is -3.37. The number of hydrogen-bond donors (Lipinski definition) is 1. The predicted molar refractivity (Wildman–Crippen MR) is 117 cm³/mol. The second-order valence-electron chi connectivity index (χ2n) is 6.70. The van der Waals surface area contributed by atoms with Gasteiger partial charge in [0.2, 0.25) is 5.91 Å². The van der Waals surface area contributed by atoms with Gasteiger partial charge in [-0.3, -0.25) is 4.79 Å². The molecular weight excluding hydrogens is 481 g/mol. The second-order valence-corrected chi connectivity index (χ2v) is 8.68. The molecule has 0 atom stereocenters. The molecule has 172 valence electrons. The first-order chi connectivity index (χ1) is 15.5. The fourth-order valence-electron chi connectivity index (χ4n) is 2.69. The molecule has 0 heterocycles. The van der Waals surface area contributed by atoms with Crippen LogP contribution in [0.4, 0.5) is 13.2 Å². The number of hydrogen-bond acceptors (Lipinski definition) is 5. The number of hydrazone groups is 1. The molecule has 11 heteroatoms. The molecule has 3 aromatic rings. The largest absolute Gasteiger partial charge is 0.416 e. The molecule has 0 aromatic heterocycles. The van der Waals surface area contributed by atoms with E-state index in [9.17, 15) is 26.4 Å². The molecule has 1 amide bonds. The highest BCUT2D eigenvalue weighted by atomic mass is 35.5. The lowest BCUT2D eigenvalue weighted by Crippen LogP contribution is -2.19. The van der Waals surface area contributed by atoms with Crippen LogP contribution in [0.2, 0.25) is 5.02 Å². The van der Waals surface area contributed by atoms with Crippen molar-refractivity contribution in [3.63, 3.8) is 0 Å². The smallest absolute Gasteiger partial charge is 0.378 e. The lowest BCUT2D eigenvalue weighted by molar-refractivity contribution is -0.137. The van der Waals surface area contributed by atoms with Crippen molar-refractivity contribution >= 4 is 33.8 Å². The van der Waals surface area contributed by atoms with Crippen LogP contribution in [0.3, 0.4) is 0 Å². The monoisotopic (exact) mass is 496 g/mol. The van der Waals surface area contributed by atoms with Crippen LogP contribution in [-0.4, -0.2) is 20.5 Å². The highest BCUT2D eigenvalue weighted by molar-refractivity contribution is 7.87. The van der Waals surface area contributed by atoms with Crippen LogP contribution < -0.4 is 9.61 Å². The highest BCUT2D eigenvalue weighted by Crippen LogP contribution is 2.30. The summed E-state index contributed by atoms with van der Waals surface area (Å²) >= 11 is 5.88. The lowest BCUT2D eigenvalue weighted by Gasteiger charge is -2.11. The van der Waals surface area contributed by atoms with Crippen molar-refractivity contribution in [1.82, 2.24) is 5.43 Å². The summed E-state index contributed by atoms with van der Waals surface area (Å²) in [6.45, 7) is 0. The van der Waals surface area contributed by atoms with E-state index >= 15 is 0 Å². The zero-order valence-electron chi connectivity index (χ0n) is 16.7. The Morgan fingerprint density at radius 3 is 2.39 bits per heavy atom. The van der Waals surface area contributed by atoms with Crippen molar-refractivity contribution in [2.24, 2.45) is 5.10 Å². The molecule has 0 radical (unpaired) electrons. The number of para-hydroxylation sites is 1. The first kappa shape index (κ1) is 24.3. The van der Waals surface area contributed by atoms with Gasteiger partial charge in [-0.05, 0) is 54.1 Å². The van der Waals surface area contributed by atoms with Gasteiger partial charge in [0.15, 0.2) is 5.75 Å². The average molecular weight is 497 g/mol. The summed E-state index contributed by atoms with van der Waals surface area (Å²) in [5, 5.41) is 4.29. The predicted octanol–water partition coefficient (Wildman–Crippen LogP) is 4.82. The van der Waals surface area contributed by atoms with E-state index in [-0.39, 0.29) is 17.7 Å². The summed E-state index contributed by atoms with van der Waals surface area (Å²) in [7, 11) is -4.41. The van der Waals surface area contributed by atoms with E-state index in [4.69, 9.17) is 15.8 Å². The molecule has 0 bridgehead atoms. The molecule has 0 aliphatic heterocycles. The number of carbonyl (C=O) groups excluding carboxylic acids is 1. The first-order valence-electron chi connectivity index (χ1n) is 9.32. The molecule has 0 spiro atoms. The Kier molecular flexibility index (Phi) is 7.39. The maximum atomic E-state index is 12.7. The first-order valence-corrected chi connectivity index (χ1v) is 11.1. The van der Waals surface area contributed by atoms with E-state index in [1.807, 2.05) is 0 Å². The molecule has 0 saturated heterocycles. The zero-order valence-corrected chi connectivity index (χ0v) is 18.3. The average Bonchev–Trinajstić information content (AvgIpc) is 2.74. The van der Waals surface area contributed by atoms with Crippen molar-refractivity contribution in [1.29, 1.82) is 0 Å². The quantitative estimate of drug-likeness (QED) is 0.289. The van der Waals surface area contributed by atoms with Gasteiger partial charge in [0, 0.05) is 10.6 Å². The lowest BCUT2D eigenvalue weighted by atomic mass is 10.1. The molecule has 0 aliphatic carbocycles. The van der Waals surface area contributed by atoms with Gasteiger partial charge < -0.3 is 4.18 Å². The third kappa shape index (κ3) is 6.80. The fourth-order valence-corrected chi connectivity index (χ4v) is 3.85. The SMILES string of the molecule is O=C(Cc1cccc(Cl)c1)N/N=C/c1ccccc1OS(=O)(=O)c1ccc(C(F)(F)F)cc1. The van der Waals surface area contributed by atoms with Gasteiger partial charge in [0.1, 0.15) is 4.90 Å². The van der Waals surface area contributed by atoms with Crippen molar-refractivity contribution in [2.75, 3.05) is 0 Å². The van der Waals surface area contributed by atoms with E-state index in [1.165, 1.54) is 24.4 Å². The normalized spacial score (nSPS) is 12.0. The number of nitrogens with one attached hydrogen (secondary N) is 1. The van der Waals surface area contributed by atoms with E-state index in [0.717, 1.165) is 12.1 Å². The number of alkyl halides is 3. The summed E-state index contributed by atoms with van der Waals surface area (Å²) in [6.07, 6.45) is -3.38. The summed E-state index contributed by atoms with van der Waals surface area (Å²) < 4.78 is 68.2. The second kappa shape index (κ2) is 10.1. The van der Waals surface area contributed by atoms with Crippen molar-refractivity contribution < 1.29 is 30.6 Å². The maximum absolute atomic E-state index is 12.7. The Bertz CT molecular complexity index is 1280. The van der Waals surface area contributed by atoms with Gasteiger partial charge in [-0.15, -0.1) is 0 Å². The summed E-state index contributed by atoms with van der Waals surface area (Å²) in [4.78, 5) is 11.6. The van der Waals surface area contributed by atoms with Crippen LogP contribution in [0.1, 0.15) is 16.7 Å². The standard InChI is InChI=1S/C22H16ClF3N2O4S/c23-18-6-3-4-15(12-18)13-21(29)28-27-14-16-5-1-2-7-20(16)32-33(30,31)19-10-8-17(9-11-19)22(24,25)26/h1-12,14H,13H2,(H,28,29)/b27-14+. The van der Waals surface area contributed by atoms with E-state index in [0.29, 0.717) is 22.7 Å². The molecule has 0 aliphatic rings. The third-order valence-corrected chi connectivity index (χ3v) is 5.72. The minimum Gasteiger partial charge on any atom is -0.378 e. The zero-order chi connectivity index (χ0) is 24.1. The van der Waals surface area contributed by atoms with Crippen LogP contribution in [-0.2, 0) is 27.5 Å². The third-order valence-electron chi connectivity index (χ3n) is 4.24. The highest BCUT2D eigenvalue weighted by Gasteiger charge is 2.31. The molecule has 3 rings (SSSR count). The number of carbonyl (C=O) groups is 1. The maximum Gasteiger partial charge on any atom is 0.416 e. The number of halogens is 4. The molecule has 3 aromatic carbocycles. The minimum absolute atomic E-state index is 0.0261. The van der Waals surface area contributed by atoms with E-state index in [1.54, 1.807) is 30.3 Å². The molecule has 6 nitrogen and oxygen atoms in total. The Labute approximate surface area is 192 Å². The van der Waals surface area contributed by atoms with Crippen LogP contribution in [0, 0.1) is 0 Å². The van der Waals surface area contributed by atoms with Crippen LogP contribution in [0.25, 0.3) is 0 Å². The van der Waals surface area contributed by atoms with Gasteiger partial charge >= 0.3 is 16.3 Å². The molecule has 0 saturated carbocycles. The molecule has 33 heavy (non-hydrogen) atoms.